The lowest BCUT2D eigenvalue weighted by Crippen LogP contribution is -2.43. The molecule has 0 atom stereocenters. The number of aliphatic carboxylic acids is 1. The Bertz CT molecular complexity index is 277. The second kappa shape index (κ2) is 6.55. The van der Waals surface area contributed by atoms with Gasteiger partial charge < -0.3 is 10.8 Å². The van der Waals surface area contributed by atoms with Crippen LogP contribution in [0.4, 0.5) is 4.79 Å². The lowest BCUT2D eigenvalue weighted by molar-refractivity contribution is -0.138. The van der Waals surface area contributed by atoms with Gasteiger partial charge in [0.05, 0.1) is 13.1 Å². The van der Waals surface area contributed by atoms with Gasteiger partial charge in [0.15, 0.2) is 0 Å². The van der Waals surface area contributed by atoms with Gasteiger partial charge in [-0.1, -0.05) is 6.08 Å². The number of imide groups is 1. The van der Waals surface area contributed by atoms with Crippen LogP contribution in [-0.4, -0.2) is 47.5 Å². The Morgan fingerprint density at radius 1 is 1.40 bits per heavy atom. The molecule has 0 aliphatic rings. The lowest BCUT2D eigenvalue weighted by Gasteiger charge is -2.16. The average Bonchev–Trinajstić information content (AvgIpc) is 2.00. The van der Waals surface area contributed by atoms with Crippen LogP contribution >= 0.6 is 0 Å². The first-order valence-electron chi connectivity index (χ1n) is 4.10. The first-order chi connectivity index (χ1) is 6.95. The fraction of sp³-hybridized carbons (Fsp3) is 0.375. The van der Waals surface area contributed by atoms with Crippen LogP contribution < -0.4 is 11.1 Å². The first-order valence-corrected chi connectivity index (χ1v) is 4.10. The molecule has 84 valence electrons. The van der Waals surface area contributed by atoms with E-state index >= 15 is 0 Å². The van der Waals surface area contributed by atoms with Crippen molar-refractivity contribution in [2.45, 2.75) is 0 Å². The molecule has 0 bridgehead atoms. The Morgan fingerprint density at radius 2 is 2.00 bits per heavy atom. The molecular weight excluding hydrogens is 202 g/mol. The summed E-state index contributed by atoms with van der Waals surface area (Å²) >= 11 is 0. The van der Waals surface area contributed by atoms with E-state index in [0.29, 0.717) is 0 Å². The summed E-state index contributed by atoms with van der Waals surface area (Å²) in [6, 6.07) is -0.964. The molecule has 0 aromatic carbocycles. The Hall–Kier alpha value is -1.89. The maximum absolute atomic E-state index is 11.0. The molecule has 0 aromatic rings. The van der Waals surface area contributed by atoms with Crippen LogP contribution in [0.5, 0.6) is 0 Å². The molecule has 7 heteroatoms. The number of hydrogen-bond donors (Lipinski definition) is 3. The van der Waals surface area contributed by atoms with Crippen molar-refractivity contribution in [1.29, 1.82) is 0 Å². The molecule has 0 aliphatic heterocycles. The summed E-state index contributed by atoms with van der Waals surface area (Å²) in [7, 11) is 0. The Labute approximate surface area is 86.5 Å². The van der Waals surface area contributed by atoms with Gasteiger partial charge >= 0.3 is 12.0 Å². The molecule has 0 fully saturated rings. The predicted octanol–water partition coefficient (Wildman–Crippen LogP) is -1.25. The number of hydrogen-bond acceptors (Lipinski definition) is 4. The maximum Gasteiger partial charge on any atom is 0.318 e. The highest BCUT2D eigenvalue weighted by molar-refractivity contribution is 5.94. The second-order valence-corrected chi connectivity index (χ2v) is 2.76. The summed E-state index contributed by atoms with van der Waals surface area (Å²) in [5.74, 6) is -1.71. The van der Waals surface area contributed by atoms with E-state index < -0.39 is 17.9 Å². The van der Waals surface area contributed by atoms with Gasteiger partial charge in [0.25, 0.3) is 0 Å². The van der Waals surface area contributed by atoms with E-state index in [2.05, 4.69) is 6.58 Å². The fourth-order valence-electron chi connectivity index (χ4n) is 0.939. The van der Waals surface area contributed by atoms with Crippen LogP contribution in [0.1, 0.15) is 0 Å². The molecule has 0 spiro atoms. The van der Waals surface area contributed by atoms with Crippen LogP contribution in [0, 0.1) is 0 Å². The number of rotatable bonds is 6. The van der Waals surface area contributed by atoms with E-state index in [9.17, 15) is 14.4 Å². The zero-order chi connectivity index (χ0) is 11.8. The van der Waals surface area contributed by atoms with Crippen molar-refractivity contribution in [3.63, 3.8) is 0 Å². The molecule has 4 N–H and O–H groups in total. The highest BCUT2D eigenvalue weighted by Gasteiger charge is 2.13. The molecular formula is C8H13N3O4. The molecule has 3 amide bonds. The molecule has 0 unspecified atom stereocenters. The topological polar surface area (TPSA) is 113 Å². The van der Waals surface area contributed by atoms with Gasteiger partial charge in [0, 0.05) is 6.54 Å². The highest BCUT2D eigenvalue weighted by Crippen LogP contribution is 1.88. The van der Waals surface area contributed by atoms with Crippen molar-refractivity contribution in [2.75, 3.05) is 19.6 Å². The summed E-state index contributed by atoms with van der Waals surface area (Å²) in [6.07, 6.45) is 1.46. The van der Waals surface area contributed by atoms with E-state index in [1.165, 1.54) is 11.0 Å². The number of amides is 3. The zero-order valence-electron chi connectivity index (χ0n) is 8.10. The number of nitrogens with zero attached hydrogens (tertiary/aromatic N) is 1. The number of carboxylic acid groups (broad SMARTS) is 1. The van der Waals surface area contributed by atoms with Crippen LogP contribution in [0.25, 0.3) is 0 Å². The number of nitrogens with two attached hydrogens (primary N) is 1. The largest absolute Gasteiger partial charge is 0.480 e. The summed E-state index contributed by atoms with van der Waals surface area (Å²) in [4.78, 5) is 33.0. The summed E-state index contributed by atoms with van der Waals surface area (Å²) in [5, 5.41) is 10.3. The smallest absolute Gasteiger partial charge is 0.318 e. The number of nitrogens with one attached hydrogen (secondary N) is 1. The third-order valence-corrected chi connectivity index (χ3v) is 1.38. The molecule has 0 rings (SSSR count). The predicted molar refractivity (Wildman–Crippen MR) is 52.0 cm³/mol. The van der Waals surface area contributed by atoms with Crippen LogP contribution in [0.15, 0.2) is 12.7 Å². The minimum Gasteiger partial charge on any atom is -0.480 e. The Kier molecular flexibility index (Phi) is 5.72. The molecule has 0 radical (unpaired) electrons. The number of carboxylic acids is 1. The normalized spacial score (nSPS) is 9.67. The third kappa shape index (κ3) is 7.20. The lowest BCUT2D eigenvalue weighted by atomic mass is 10.4. The summed E-state index contributed by atoms with van der Waals surface area (Å²) in [5.41, 5.74) is 4.72. The molecule has 0 aliphatic carbocycles. The van der Waals surface area contributed by atoms with Crippen LogP contribution in [0.3, 0.4) is 0 Å². The molecule has 0 saturated carbocycles. The first kappa shape index (κ1) is 13.1. The van der Waals surface area contributed by atoms with Crippen LogP contribution in [0.2, 0.25) is 0 Å². The Balaban J connectivity index is 4.14. The monoisotopic (exact) mass is 215 g/mol. The van der Waals surface area contributed by atoms with Gasteiger partial charge in [0.2, 0.25) is 5.91 Å². The number of urea groups is 1. The van der Waals surface area contributed by atoms with Gasteiger partial charge in [-0.15, -0.1) is 6.58 Å². The summed E-state index contributed by atoms with van der Waals surface area (Å²) in [6.45, 7) is 3.12. The fourth-order valence-corrected chi connectivity index (χ4v) is 0.939. The van der Waals surface area contributed by atoms with Crippen LogP contribution in [-0.2, 0) is 9.59 Å². The highest BCUT2D eigenvalue weighted by atomic mass is 16.4. The minimum absolute atomic E-state index is 0.221. The standard InChI is InChI=1S/C8H13N3O4/c1-2-3-11(5-7(13)14)4-6(12)10-8(9)15/h2H,1,3-5H2,(H,13,14)(H3,9,10,12,15). The molecule has 0 heterocycles. The van der Waals surface area contributed by atoms with Crippen molar-refractivity contribution in [1.82, 2.24) is 10.2 Å². The van der Waals surface area contributed by atoms with Crippen molar-refractivity contribution >= 4 is 17.9 Å². The van der Waals surface area contributed by atoms with Crippen molar-refractivity contribution in [3.8, 4) is 0 Å². The molecule has 7 nitrogen and oxygen atoms in total. The maximum atomic E-state index is 11.0. The van der Waals surface area contributed by atoms with E-state index in [-0.39, 0.29) is 19.6 Å². The van der Waals surface area contributed by atoms with Gasteiger partial charge in [-0.3, -0.25) is 19.8 Å². The summed E-state index contributed by atoms with van der Waals surface area (Å²) < 4.78 is 0. The van der Waals surface area contributed by atoms with Gasteiger partial charge in [0.1, 0.15) is 0 Å². The quantitative estimate of drug-likeness (QED) is 0.479. The molecule has 15 heavy (non-hydrogen) atoms. The van der Waals surface area contributed by atoms with Crippen molar-refractivity contribution < 1.29 is 19.5 Å². The number of carbonyl (C=O) groups excluding carboxylic acids is 2. The van der Waals surface area contributed by atoms with E-state index in [1.54, 1.807) is 0 Å². The van der Waals surface area contributed by atoms with Crippen molar-refractivity contribution in [2.24, 2.45) is 5.73 Å². The van der Waals surface area contributed by atoms with Gasteiger partial charge in [-0.05, 0) is 0 Å². The molecule has 0 saturated heterocycles. The van der Waals surface area contributed by atoms with Crippen molar-refractivity contribution in [3.05, 3.63) is 12.7 Å². The number of carbonyl (C=O) groups is 3. The SMILES string of the molecule is C=CCN(CC(=O)O)CC(=O)NC(N)=O. The van der Waals surface area contributed by atoms with E-state index in [4.69, 9.17) is 10.8 Å². The zero-order valence-corrected chi connectivity index (χ0v) is 8.10. The van der Waals surface area contributed by atoms with E-state index in [0.717, 1.165) is 0 Å². The molecule has 0 aromatic heterocycles. The van der Waals surface area contributed by atoms with Gasteiger partial charge in [-0.2, -0.15) is 0 Å². The second-order valence-electron chi connectivity index (χ2n) is 2.76. The average molecular weight is 215 g/mol. The minimum atomic E-state index is -1.07. The Morgan fingerprint density at radius 3 is 2.40 bits per heavy atom. The number of primary amides is 1. The van der Waals surface area contributed by atoms with E-state index in [1.807, 2.05) is 5.32 Å². The third-order valence-electron chi connectivity index (χ3n) is 1.38. The van der Waals surface area contributed by atoms with Gasteiger partial charge in [-0.25, -0.2) is 4.79 Å².